The Morgan fingerprint density at radius 2 is 0.837 bits per heavy atom. The molecule has 0 aliphatic heterocycles. The van der Waals surface area contributed by atoms with E-state index in [9.17, 15) is 0 Å². The summed E-state index contributed by atoms with van der Waals surface area (Å²) in [6.45, 7) is 0. The molecule has 0 radical (unpaired) electrons. The molecule has 202 valence electrons. The van der Waals surface area contributed by atoms with Gasteiger partial charge in [-0.2, -0.15) is 0 Å². The molecule has 0 aliphatic rings. The van der Waals surface area contributed by atoms with Gasteiger partial charge in [0.25, 0.3) is 0 Å². The third-order valence-electron chi connectivity index (χ3n) is 8.18. The monoisotopic (exact) mass is 548 g/mol. The first-order chi connectivity index (χ1) is 21.3. The van der Waals surface area contributed by atoms with Gasteiger partial charge in [0.05, 0.1) is 11.2 Å². The highest BCUT2D eigenvalue weighted by atomic mass is 15.1. The Labute approximate surface area is 251 Å². The number of hydrogen-bond donors (Lipinski definition) is 0. The molecule has 2 heteroatoms. The van der Waals surface area contributed by atoms with Crippen LogP contribution >= 0.6 is 0 Å². The van der Waals surface area contributed by atoms with Crippen LogP contribution in [0.2, 0.25) is 0 Å². The molecule has 1 aromatic heterocycles. The van der Waals surface area contributed by atoms with E-state index in [1.165, 1.54) is 32.7 Å². The molecule has 8 aromatic rings. The van der Waals surface area contributed by atoms with Crippen molar-refractivity contribution in [2.75, 3.05) is 4.90 Å². The molecule has 0 fully saturated rings. The molecule has 0 spiro atoms. The predicted octanol–water partition coefficient (Wildman–Crippen LogP) is 11.3. The molecule has 8 rings (SSSR count). The summed E-state index contributed by atoms with van der Waals surface area (Å²) >= 11 is 0. The minimum atomic E-state index is 0.998. The van der Waals surface area contributed by atoms with Gasteiger partial charge in [-0.25, -0.2) is 4.98 Å². The van der Waals surface area contributed by atoms with Gasteiger partial charge in [0.2, 0.25) is 0 Å². The van der Waals surface area contributed by atoms with Crippen LogP contribution in [0.25, 0.3) is 54.8 Å². The van der Waals surface area contributed by atoms with Crippen molar-refractivity contribution in [2.45, 2.75) is 0 Å². The van der Waals surface area contributed by atoms with Gasteiger partial charge in [-0.1, -0.05) is 97.1 Å². The van der Waals surface area contributed by atoms with Gasteiger partial charge in [-0.05, 0) is 105 Å². The highest BCUT2D eigenvalue weighted by molar-refractivity contribution is 6.01. The van der Waals surface area contributed by atoms with E-state index in [1.54, 1.807) is 0 Å². The van der Waals surface area contributed by atoms with Gasteiger partial charge in [0, 0.05) is 28.0 Å². The number of rotatable bonds is 5. The molecule has 1 heterocycles. The SMILES string of the molecule is c1ccc(N(c2ccccc2)c2ccc(-c3ccc4cc5cc(-c6ccc7ccccc7n6)ccc5cc4c3)cc2)cc1. The van der Waals surface area contributed by atoms with E-state index in [2.05, 4.69) is 169 Å². The number of pyridine rings is 1. The first-order valence-corrected chi connectivity index (χ1v) is 14.6. The number of anilines is 3. The summed E-state index contributed by atoms with van der Waals surface area (Å²) in [5.74, 6) is 0. The van der Waals surface area contributed by atoms with Crippen LogP contribution in [0.4, 0.5) is 17.1 Å². The molecule has 0 saturated carbocycles. The first kappa shape index (κ1) is 25.0. The standard InChI is InChI=1S/C41H28N2/c1-3-10-37(11-4-1)43(38-12-5-2-6-13-38)39-22-19-29(20-23-39)31-15-16-32-27-36-28-34(18-17-33(36)26-35(32)25-31)41-24-21-30-9-7-8-14-40(30)42-41/h1-28H. The lowest BCUT2D eigenvalue weighted by Gasteiger charge is -2.25. The lowest BCUT2D eigenvalue weighted by molar-refractivity contribution is 1.28. The third-order valence-corrected chi connectivity index (χ3v) is 8.18. The van der Waals surface area contributed by atoms with E-state index in [0.717, 1.165) is 39.2 Å². The average molecular weight is 549 g/mol. The summed E-state index contributed by atoms with van der Waals surface area (Å²) in [4.78, 5) is 7.20. The Hall–Kier alpha value is -5.73. The second kappa shape index (κ2) is 10.6. The molecule has 0 bridgehead atoms. The van der Waals surface area contributed by atoms with Crippen LogP contribution in [0.3, 0.4) is 0 Å². The Morgan fingerprint density at radius 1 is 0.326 bits per heavy atom. The zero-order chi connectivity index (χ0) is 28.6. The van der Waals surface area contributed by atoms with E-state index < -0.39 is 0 Å². The number of para-hydroxylation sites is 3. The van der Waals surface area contributed by atoms with Crippen LogP contribution in [0.1, 0.15) is 0 Å². The summed E-state index contributed by atoms with van der Waals surface area (Å²) in [7, 11) is 0. The Morgan fingerprint density at radius 3 is 1.51 bits per heavy atom. The van der Waals surface area contributed by atoms with E-state index in [0.29, 0.717) is 0 Å². The van der Waals surface area contributed by atoms with E-state index in [-0.39, 0.29) is 0 Å². The second-order valence-electron chi connectivity index (χ2n) is 10.9. The summed E-state index contributed by atoms with van der Waals surface area (Å²) in [6.07, 6.45) is 0. The van der Waals surface area contributed by atoms with Crippen molar-refractivity contribution in [1.82, 2.24) is 4.98 Å². The Bertz CT molecular complexity index is 2180. The molecule has 0 N–H and O–H groups in total. The molecule has 43 heavy (non-hydrogen) atoms. The van der Waals surface area contributed by atoms with Crippen molar-refractivity contribution in [1.29, 1.82) is 0 Å². The topological polar surface area (TPSA) is 16.1 Å². The molecule has 7 aromatic carbocycles. The van der Waals surface area contributed by atoms with Gasteiger partial charge >= 0.3 is 0 Å². The van der Waals surface area contributed by atoms with Crippen molar-refractivity contribution in [3.05, 3.63) is 170 Å². The van der Waals surface area contributed by atoms with Crippen LogP contribution in [-0.4, -0.2) is 4.98 Å². The van der Waals surface area contributed by atoms with E-state index in [4.69, 9.17) is 4.98 Å². The van der Waals surface area contributed by atoms with Gasteiger partial charge in [0.1, 0.15) is 0 Å². The number of aromatic nitrogens is 1. The summed E-state index contributed by atoms with van der Waals surface area (Å²) < 4.78 is 0. The molecule has 0 aliphatic carbocycles. The zero-order valence-corrected chi connectivity index (χ0v) is 23.6. The maximum absolute atomic E-state index is 4.91. The van der Waals surface area contributed by atoms with Crippen molar-refractivity contribution >= 4 is 49.5 Å². The molecular formula is C41H28N2. The van der Waals surface area contributed by atoms with Crippen molar-refractivity contribution in [2.24, 2.45) is 0 Å². The summed E-state index contributed by atoms with van der Waals surface area (Å²) in [5, 5.41) is 6.08. The Kier molecular flexibility index (Phi) is 6.16. The van der Waals surface area contributed by atoms with E-state index in [1.807, 2.05) is 6.07 Å². The van der Waals surface area contributed by atoms with E-state index >= 15 is 0 Å². The lowest BCUT2D eigenvalue weighted by atomic mass is 9.97. The van der Waals surface area contributed by atoms with Crippen LogP contribution in [0, 0.1) is 0 Å². The summed E-state index contributed by atoms with van der Waals surface area (Å²) in [6, 6.07) is 60.4. The smallest absolute Gasteiger partial charge is 0.0709 e. The minimum Gasteiger partial charge on any atom is -0.311 e. The number of nitrogens with zero attached hydrogens (tertiary/aromatic N) is 2. The highest BCUT2D eigenvalue weighted by Gasteiger charge is 2.12. The maximum Gasteiger partial charge on any atom is 0.0709 e. The quantitative estimate of drug-likeness (QED) is 0.199. The van der Waals surface area contributed by atoms with Crippen LogP contribution < -0.4 is 4.90 Å². The largest absolute Gasteiger partial charge is 0.311 e. The van der Waals surface area contributed by atoms with Gasteiger partial charge in [0.15, 0.2) is 0 Å². The number of benzene rings is 7. The van der Waals surface area contributed by atoms with Crippen LogP contribution in [0.15, 0.2) is 170 Å². The molecule has 0 atom stereocenters. The van der Waals surface area contributed by atoms with Crippen LogP contribution in [-0.2, 0) is 0 Å². The lowest BCUT2D eigenvalue weighted by Crippen LogP contribution is -2.09. The van der Waals surface area contributed by atoms with Crippen molar-refractivity contribution in [3.63, 3.8) is 0 Å². The van der Waals surface area contributed by atoms with Gasteiger partial charge < -0.3 is 4.90 Å². The predicted molar refractivity (Wildman–Crippen MR) is 182 cm³/mol. The fraction of sp³-hybridized carbons (Fsp3) is 0. The second-order valence-corrected chi connectivity index (χ2v) is 10.9. The third kappa shape index (κ3) is 4.79. The molecule has 0 unspecified atom stereocenters. The Balaban J connectivity index is 1.12. The van der Waals surface area contributed by atoms with Crippen molar-refractivity contribution < 1.29 is 0 Å². The first-order valence-electron chi connectivity index (χ1n) is 14.6. The minimum absolute atomic E-state index is 0.998. The number of hydrogen-bond acceptors (Lipinski definition) is 2. The molecule has 2 nitrogen and oxygen atoms in total. The number of fused-ring (bicyclic) bond motifs is 3. The fourth-order valence-corrected chi connectivity index (χ4v) is 5.97. The highest BCUT2D eigenvalue weighted by Crippen LogP contribution is 2.36. The summed E-state index contributed by atoms with van der Waals surface area (Å²) in [5.41, 5.74) is 8.96. The maximum atomic E-state index is 4.91. The average Bonchev–Trinajstić information content (AvgIpc) is 3.08. The zero-order valence-electron chi connectivity index (χ0n) is 23.6. The fourth-order valence-electron chi connectivity index (χ4n) is 5.97. The van der Waals surface area contributed by atoms with Crippen molar-refractivity contribution in [3.8, 4) is 22.4 Å². The molecule has 0 saturated heterocycles. The van der Waals surface area contributed by atoms with Gasteiger partial charge in [-0.15, -0.1) is 0 Å². The molecular weight excluding hydrogens is 520 g/mol. The van der Waals surface area contributed by atoms with Gasteiger partial charge in [-0.3, -0.25) is 0 Å². The molecule has 0 amide bonds. The van der Waals surface area contributed by atoms with Crippen LogP contribution in [0.5, 0.6) is 0 Å². The normalized spacial score (nSPS) is 11.3.